The second-order valence-corrected chi connectivity index (χ2v) is 4.41. The van der Waals surface area contributed by atoms with Crippen LogP contribution >= 0.6 is 0 Å². The van der Waals surface area contributed by atoms with E-state index in [0.29, 0.717) is 0 Å². The van der Waals surface area contributed by atoms with Crippen LogP contribution in [0.5, 0.6) is 0 Å². The number of β-amino-alcohol motifs (C(OH)–C–C–N with tert-alkyl or cyclic N) is 1. The Kier molecular flexibility index (Phi) is 4.34. The Balaban J connectivity index is 1.59. The van der Waals surface area contributed by atoms with Crippen LogP contribution in [0.25, 0.3) is 0 Å². The van der Waals surface area contributed by atoms with Gasteiger partial charge in [0.25, 0.3) is 0 Å². The molecule has 2 N–H and O–H groups in total. The summed E-state index contributed by atoms with van der Waals surface area (Å²) < 4.78 is 0. The van der Waals surface area contributed by atoms with Gasteiger partial charge in [-0.1, -0.05) is 30.3 Å². The van der Waals surface area contributed by atoms with Gasteiger partial charge < -0.3 is 10.4 Å². The molecule has 1 aliphatic rings. The molecular weight excluding hydrogens is 200 g/mol. The number of nitrogens with one attached hydrogen (secondary N) is 1. The average molecular weight is 220 g/mol. The molecule has 0 radical (unpaired) electrons. The largest absolute Gasteiger partial charge is 0.392 e. The molecule has 1 saturated heterocycles. The first-order valence-corrected chi connectivity index (χ1v) is 5.99. The quantitative estimate of drug-likeness (QED) is 0.722. The van der Waals surface area contributed by atoms with Crippen molar-refractivity contribution in [2.45, 2.75) is 19.1 Å². The van der Waals surface area contributed by atoms with Crippen molar-refractivity contribution in [3.05, 3.63) is 35.9 Å². The molecule has 1 aromatic carbocycles. The van der Waals surface area contributed by atoms with Crippen molar-refractivity contribution in [1.29, 1.82) is 0 Å². The molecule has 3 heteroatoms. The maximum absolute atomic E-state index is 9.37. The molecule has 0 aliphatic carbocycles. The minimum Gasteiger partial charge on any atom is -0.392 e. The molecule has 3 nitrogen and oxygen atoms in total. The van der Waals surface area contributed by atoms with Gasteiger partial charge in [0.15, 0.2) is 0 Å². The summed E-state index contributed by atoms with van der Waals surface area (Å²) in [4.78, 5) is 2.31. The zero-order valence-electron chi connectivity index (χ0n) is 9.60. The lowest BCUT2D eigenvalue weighted by Gasteiger charge is -2.15. The van der Waals surface area contributed by atoms with Crippen molar-refractivity contribution in [3.63, 3.8) is 0 Å². The monoisotopic (exact) mass is 220 g/mol. The third-order valence-electron chi connectivity index (χ3n) is 3.02. The minimum atomic E-state index is -0.103. The molecule has 1 fully saturated rings. The molecule has 1 atom stereocenters. The lowest BCUT2D eigenvalue weighted by Crippen LogP contribution is -2.30. The molecule has 16 heavy (non-hydrogen) atoms. The lowest BCUT2D eigenvalue weighted by molar-refractivity contribution is 0.176. The predicted molar refractivity (Wildman–Crippen MR) is 65.2 cm³/mol. The summed E-state index contributed by atoms with van der Waals surface area (Å²) >= 11 is 0. The summed E-state index contributed by atoms with van der Waals surface area (Å²) in [6, 6.07) is 10.4. The second kappa shape index (κ2) is 5.99. The highest BCUT2D eigenvalue weighted by molar-refractivity contribution is 5.14. The molecule has 1 unspecified atom stereocenters. The Hall–Kier alpha value is -0.900. The Labute approximate surface area is 97.1 Å². The fourth-order valence-corrected chi connectivity index (χ4v) is 2.08. The summed E-state index contributed by atoms with van der Waals surface area (Å²) in [6.45, 7) is 4.82. The van der Waals surface area contributed by atoms with Crippen LogP contribution in [0.1, 0.15) is 12.0 Å². The molecule has 0 bridgehead atoms. The first-order chi connectivity index (χ1) is 7.84. The predicted octanol–water partition coefficient (Wildman–Crippen LogP) is 0.843. The van der Waals surface area contributed by atoms with Crippen molar-refractivity contribution in [3.8, 4) is 0 Å². The zero-order valence-corrected chi connectivity index (χ0v) is 9.60. The van der Waals surface area contributed by atoms with E-state index in [1.165, 1.54) is 5.56 Å². The van der Waals surface area contributed by atoms with E-state index in [1.54, 1.807) is 0 Å². The molecule has 0 aromatic heterocycles. The summed E-state index contributed by atoms with van der Waals surface area (Å²) in [6.07, 6.45) is 0.827. The number of rotatable bonds is 5. The molecule has 0 spiro atoms. The van der Waals surface area contributed by atoms with Crippen molar-refractivity contribution in [2.75, 3.05) is 26.2 Å². The van der Waals surface area contributed by atoms with Gasteiger partial charge in [-0.15, -0.1) is 0 Å². The lowest BCUT2D eigenvalue weighted by atomic mass is 10.2. The maximum atomic E-state index is 9.37. The van der Waals surface area contributed by atoms with E-state index in [9.17, 15) is 5.11 Å². The van der Waals surface area contributed by atoms with Gasteiger partial charge in [-0.3, -0.25) is 4.90 Å². The van der Waals surface area contributed by atoms with Crippen LogP contribution in [0.2, 0.25) is 0 Å². The highest BCUT2D eigenvalue weighted by Crippen LogP contribution is 2.07. The van der Waals surface area contributed by atoms with Crippen molar-refractivity contribution >= 4 is 0 Å². The van der Waals surface area contributed by atoms with Gasteiger partial charge in [0, 0.05) is 32.7 Å². The van der Waals surface area contributed by atoms with Gasteiger partial charge in [-0.25, -0.2) is 0 Å². The van der Waals surface area contributed by atoms with Crippen LogP contribution in [0.15, 0.2) is 30.3 Å². The molecule has 1 aliphatic heterocycles. The van der Waals surface area contributed by atoms with Gasteiger partial charge in [0.1, 0.15) is 0 Å². The van der Waals surface area contributed by atoms with E-state index in [1.807, 2.05) is 6.07 Å². The van der Waals surface area contributed by atoms with Crippen LogP contribution in [0, 0.1) is 0 Å². The van der Waals surface area contributed by atoms with Crippen LogP contribution < -0.4 is 5.32 Å². The molecule has 88 valence electrons. The maximum Gasteiger partial charge on any atom is 0.0679 e. The van der Waals surface area contributed by atoms with E-state index in [0.717, 1.165) is 39.1 Å². The fourth-order valence-electron chi connectivity index (χ4n) is 2.08. The van der Waals surface area contributed by atoms with E-state index in [2.05, 4.69) is 34.5 Å². The second-order valence-electron chi connectivity index (χ2n) is 4.41. The van der Waals surface area contributed by atoms with Gasteiger partial charge in [0.05, 0.1) is 6.10 Å². The van der Waals surface area contributed by atoms with Crippen molar-refractivity contribution in [1.82, 2.24) is 10.2 Å². The number of benzene rings is 1. The molecule has 2 rings (SSSR count). The molecule has 0 amide bonds. The average Bonchev–Trinajstić information content (AvgIpc) is 2.72. The Morgan fingerprint density at radius 2 is 2.12 bits per heavy atom. The standard InChI is InChI=1S/C13H20N2O/c16-13-6-8-15(11-13)9-7-14-10-12-4-2-1-3-5-12/h1-5,13-14,16H,6-11H2. The third-order valence-corrected chi connectivity index (χ3v) is 3.02. The van der Waals surface area contributed by atoms with Crippen LogP contribution in [0.3, 0.4) is 0 Å². The van der Waals surface area contributed by atoms with Crippen molar-refractivity contribution < 1.29 is 5.11 Å². The van der Waals surface area contributed by atoms with Gasteiger partial charge >= 0.3 is 0 Å². The summed E-state index contributed by atoms with van der Waals surface area (Å²) in [5, 5.41) is 12.8. The van der Waals surface area contributed by atoms with E-state index >= 15 is 0 Å². The Morgan fingerprint density at radius 1 is 1.31 bits per heavy atom. The highest BCUT2D eigenvalue weighted by atomic mass is 16.3. The number of hydrogen-bond acceptors (Lipinski definition) is 3. The highest BCUT2D eigenvalue weighted by Gasteiger charge is 2.18. The van der Waals surface area contributed by atoms with Crippen LogP contribution in [-0.4, -0.2) is 42.3 Å². The van der Waals surface area contributed by atoms with Gasteiger partial charge in [-0.05, 0) is 12.0 Å². The number of hydrogen-bond donors (Lipinski definition) is 2. The topological polar surface area (TPSA) is 35.5 Å². The first-order valence-electron chi connectivity index (χ1n) is 5.99. The van der Waals surface area contributed by atoms with Crippen LogP contribution in [-0.2, 0) is 6.54 Å². The SMILES string of the molecule is OC1CCN(CCNCc2ccccc2)C1. The summed E-state index contributed by atoms with van der Waals surface area (Å²) in [7, 11) is 0. The van der Waals surface area contributed by atoms with E-state index in [4.69, 9.17) is 0 Å². The minimum absolute atomic E-state index is 0.103. The normalized spacial score (nSPS) is 21.4. The number of aliphatic hydroxyl groups excluding tert-OH is 1. The van der Waals surface area contributed by atoms with Crippen molar-refractivity contribution in [2.24, 2.45) is 0 Å². The first kappa shape index (κ1) is 11.6. The smallest absolute Gasteiger partial charge is 0.0679 e. The number of likely N-dealkylation sites (tertiary alicyclic amines) is 1. The molecule has 0 saturated carbocycles. The fraction of sp³-hybridized carbons (Fsp3) is 0.538. The van der Waals surface area contributed by atoms with E-state index < -0.39 is 0 Å². The third kappa shape index (κ3) is 3.59. The molecular formula is C13H20N2O. The van der Waals surface area contributed by atoms with E-state index in [-0.39, 0.29) is 6.10 Å². The van der Waals surface area contributed by atoms with Gasteiger partial charge in [-0.2, -0.15) is 0 Å². The van der Waals surface area contributed by atoms with Crippen LogP contribution in [0.4, 0.5) is 0 Å². The Bertz CT molecular complexity index is 302. The molecule has 1 aromatic rings. The number of nitrogens with zero attached hydrogens (tertiary/aromatic N) is 1. The Morgan fingerprint density at radius 3 is 2.81 bits per heavy atom. The van der Waals surface area contributed by atoms with Gasteiger partial charge in [0.2, 0.25) is 0 Å². The molecule has 1 heterocycles. The zero-order chi connectivity index (χ0) is 11.2. The number of aliphatic hydroxyl groups is 1. The summed E-state index contributed by atoms with van der Waals surface area (Å²) in [5.41, 5.74) is 1.32. The summed E-state index contributed by atoms with van der Waals surface area (Å²) in [5.74, 6) is 0.